The molecule has 0 aliphatic carbocycles. The van der Waals surface area contributed by atoms with E-state index in [2.05, 4.69) is 16.0 Å². The molecule has 33 heavy (non-hydrogen) atoms. The number of hydrogen-bond acceptors (Lipinski definition) is 5. The average molecular weight is 470 g/mol. The van der Waals surface area contributed by atoms with Crippen molar-refractivity contribution in [2.75, 3.05) is 0 Å². The van der Waals surface area contributed by atoms with E-state index in [4.69, 9.17) is 4.74 Å². The van der Waals surface area contributed by atoms with Gasteiger partial charge in [-0.2, -0.15) is 0 Å². The van der Waals surface area contributed by atoms with Gasteiger partial charge >= 0.3 is 6.09 Å². The monoisotopic (exact) mass is 469 g/mol. The summed E-state index contributed by atoms with van der Waals surface area (Å²) in [6, 6.07) is 5.58. The van der Waals surface area contributed by atoms with Gasteiger partial charge in [0.15, 0.2) is 0 Å². The Balaban J connectivity index is 2.80. The molecule has 3 amide bonds. The third-order valence-electron chi connectivity index (χ3n) is 4.70. The molecule has 0 saturated heterocycles. The number of aldehydes is 1. The van der Waals surface area contributed by atoms with Crippen LogP contribution in [0.1, 0.15) is 46.1 Å². The van der Waals surface area contributed by atoms with E-state index in [0.717, 1.165) is 5.56 Å². The number of carbonyl (C=O) groups excluding carboxylic acids is 4. The predicted molar refractivity (Wildman–Crippen MR) is 118 cm³/mol. The lowest BCUT2D eigenvalue weighted by molar-refractivity contribution is -0.132. The number of carbonyl (C=O) groups is 4. The molecule has 8 nitrogen and oxygen atoms in total. The summed E-state index contributed by atoms with van der Waals surface area (Å²) in [7, 11) is 0. The van der Waals surface area contributed by atoms with E-state index in [1.54, 1.807) is 38.1 Å². The lowest BCUT2D eigenvalue weighted by Gasteiger charge is -2.26. The van der Waals surface area contributed by atoms with Gasteiger partial charge in [0.25, 0.3) is 0 Å². The molecular formula is C23H33F2N3O5. The molecule has 0 saturated carbocycles. The van der Waals surface area contributed by atoms with Crippen molar-refractivity contribution < 1.29 is 32.7 Å². The molecule has 10 heteroatoms. The maximum absolute atomic E-state index is 12.9. The highest BCUT2D eigenvalue weighted by Gasteiger charge is 2.30. The fourth-order valence-corrected chi connectivity index (χ4v) is 3.01. The third-order valence-corrected chi connectivity index (χ3v) is 4.70. The Morgan fingerprint density at radius 3 is 2.09 bits per heavy atom. The summed E-state index contributed by atoms with van der Waals surface area (Å²) in [6.07, 6.45) is -3.94. The molecule has 3 N–H and O–H groups in total. The first kappa shape index (κ1) is 28.0. The Bertz CT molecular complexity index is 775. The average Bonchev–Trinajstić information content (AvgIpc) is 2.74. The van der Waals surface area contributed by atoms with Crippen LogP contribution in [0.25, 0.3) is 0 Å². The fraction of sp³-hybridized carbons (Fsp3) is 0.565. The van der Waals surface area contributed by atoms with Gasteiger partial charge in [-0.15, -0.1) is 0 Å². The molecule has 0 fully saturated rings. The summed E-state index contributed by atoms with van der Waals surface area (Å²) in [5.41, 5.74) is 0.778. The standard InChI is InChI=1S/C23H33F2N3O5/c1-14(2)10-18(21(30)26-17(12-29)11-19(24)25)27-22(31)20(15(3)4)28-23(32)33-13-16-8-6-5-7-9-16/h5-9,12,14-15,17-20H,10-11,13H2,1-4H3,(H,26,30)(H,27,31)(H,28,32). The van der Waals surface area contributed by atoms with Crippen molar-refractivity contribution in [3.05, 3.63) is 35.9 Å². The minimum absolute atomic E-state index is 0.0212. The van der Waals surface area contributed by atoms with Crippen molar-refractivity contribution in [1.82, 2.24) is 16.0 Å². The van der Waals surface area contributed by atoms with Crippen molar-refractivity contribution in [3.63, 3.8) is 0 Å². The minimum atomic E-state index is -2.77. The normalized spacial score (nSPS) is 13.8. The second-order valence-corrected chi connectivity index (χ2v) is 8.50. The van der Waals surface area contributed by atoms with Crippen LogP contribution >= 0.6 is 0 Å². The van der Waals surface area contributed by atoms with Gasteiger partial charge < -0.3 is 25.5 Å². The second kappa shape index (κ2) is 14.2. The lowest BCUT2D eigenvalue weighted by atomic mass is 9.99. The number of ether oxygens (including phenoxy) is 1. The molecule has 0 radical (unpaired) electrons. The van der Waals surface area contributed by atoms with E-state index in [1.165, 1.54) is 0 Å². The van der Waals surface area contributed by atoms with E-state index >= 15 is 0 Å². The first-order valence-electron chi connectivity index (χ1n) is 10.8. The molecule has 0 spiro atoms. The third kappa shape index (κ3) is 10.9. The van der Waals surface area contributed by atoms with Crippen LogP contribution in [-0.4, -0.2) is 48.7 Å². The van der Waals surface area contributed by atoms with E-state index < -0.39 is 48.9 Å². The minimum Gasteiger partial charge on any atom is -0.445 e. The van der Waals surface area contributed by atoms with Crippen molar-refractivity contribution in [2.24, 2.45) is 11.8 Å². The molecule has 184 valence electrons. The second-order valence-electron chi connectivity index (χ2n) is 8.50. The fourth-order valence-electron chi connectivity index (χ4n) is 3.01. The molecule has 0 aliphatic heterocycles. The van der Waals surface area contributed by atoms with E-state index in [0.29, 0.717) is 0 Å². The SMILES string of the molecule is CC(C)CC(NC(=O)C(NC(=O)OCc1ccccc1)C(C)C)C(=O)NC(C=O)CC(F)F. The van der Waals surface area contributed by atoms with Crippen molar-refractivity contribution in [3.8, 4) is 0 Å². The number of amides is 3. The number of hydrogen-bond donors (Lipinski definition) is 3. The van der Waals surface area contributed by atoms with Gasteiger partial charge in [-0.05, 0) is 23.8 Å². The summed E-state index contributed by atoms with van der Waals surface area (Å²) in [5, 5.41) is 7.31. The summed E-state index contributed by atoms with van der Waals surface area (Å²) in [6.45, 7) is 7.09. The molecular weight excluding hydrogens is 436 g/mol. The van der Waals surface area contributed by atoms with Gasteiger partial charge in [0.05, 0.1) is 6.04 Å². The number of alkyl halides is 2. The van der Waals surface area contributed by atoms with Gasteiger partial charge in [-0.3, -0.25) is 9.59 Å². The zero-order valence-electron chi connectivity index (χ0n) is 19.3. The number of rotatable bonds is 13. The molecule has 0 aliphatic rings. The van der Waals surface area contributed by atoms with E-state index in [1.807, 2.05) is 19.9 Å². The van der Waals surface area contributed by atoms with Gasteiger partial charge in [-0.25, -0.2) is 13.6 Å². The zero-order chi connectivity index (χ0) is 25.0. The van der Waals surface area contributed by atoms with Crippen molar-refractivity contribution >= 4 is 24.2 Å². The topological polar surface area (TPSA) is 114 Å². The molecule has 0 aromatic heterocycles. The van der Waals surface area contributed by atoms with E-state index in [9.17, 15) is 28.0 Å². The molecule has 1 rings (SSSR count). The zero-order valence-corrected chi connectivity index (χ0v) is 19.3. The Hall–Kier alpha value is -3.04. The van der Waals surface area contributed by atoms with Crippen molar-refractivity contribution in [2.45, 2.75) is 71.7 Å². The van der Waals surface area contributed by atoms with Crippen LogP contribution in [-0.2, 0) is 25.7 Å². The highest BCUT2D eigenvalue weighted by molar-refractivity contribution is 5.92. The molecule has 0 bridgehead atoms. The molecule has 3 atom stereocenters. The number of halogens is 2. The summed E-state index contributed by atoms with van der Waals surface area (Å²) in [5.74, 6) is -1.73. The van der Waals surface area contributed by atoms with Crippen LogP contribution in [0.15, 0.2) is 30.3 Å². The smallest absolute Gasteiger partial charge is 0.408 e. The van der Waals surface area contributed by atoms with Crippen molar-refractivity contribution in [1.29, 1.82) is 0 Å². The first-order valence-corrected chi connectivity index (χ1v) is 10.8. The quantitative estimate of drug-likeness (QED) is 0.385. The van der Waals surface area contributed by atoms with Gasteiger partial charge in [0.2, 0.25) is 18.2 Å². The largest absolute Gasteiger partial charge is 0.445 e. The number of nitrogens with one attached hydrogen (secondary N) is 3. The summed E-state index contributed by atoms with van der Waals surface area (Å²) < 4.78 is 30.4. The maximum atomic E-state index is 12.9. The van der Waals surface area contributed by atoms with Crippen LogP contribution in [0.3, 0.4) is 0 Å². The van der Waals surface area contributed by atoms with Crippen LogP contribution < -0.4 is 16.0 Å². The highest BCUT2D eigenvalue weighted by atomic mass is 19.3. The molecule has 0 heterocycles. The van der Waals surface area contributed by atoms with Crippen LogP contribution in [0.5, 0.6) is 0 Å². The maximum Gasteiger partial charge on any atom is 0.408 e. The van der Waals surface area contributed by atoms with Crippen LogP contribution in [0.4, 0.5) is 13.6 Å². The molecule has 1 aromatic carbocycles. The molecule has 3 unspecified atom stereocenters. The predicted octanol–water partition coefficient (Wildman–Crippen LogP) is 2.81. The number of benzene rings is 1. The first-order chi connectivity index (χ1) is 15.5. The van der Waals surface area contributed by atoms with Gasteiger partial charge in [0, 0.05) is 6.42 Å². The Morgan fingerprint density at radius 2 is 1.58 bits per heavy atom. The Labute approximate surface area is 192 Å². The number of alkyl carbamates (subject to hydrolysis) is 1. The highest BCUT2D eigenvalue weighted by Crippen LogP contribution is 2.10. The van der Waals surface area contributed by atoms with Gasteiger partial charge in [-0.1, -0.05) is 58.0 Å². The lowest BCUT2D eigenvalue weighted by Crippen LogP contribution is -2.56. The van der Waals surface area contributed by atoms with Gasteiger partial charge in [0.1, 0.15) is 25.0 Å². The van der Waals surface area contributed by atoms with Crippen LogP contribution in [0, 0.1) is 11.8 Å². The Morgan fingerprint density at radius 1 is 0.939 bits per heavy atom. The summed E-state index contributed by atoms with van der Waals surface area (Å²) in [4.78, 5) is 48.7. The Kier molecular flexibility index (Phi) is 12.0. The summed E-state index contributed by atoms with van der Waals surface area (Å²) >= 11 is 0. The van der Waals surface area contributed by atoms with Crippen LogP contribution in [0.2, 0.25) is 0 Å². The molecule has 1 aromatic rings. The van der Waals surface area contributed by atoms with E-state index in [-0.39, 0.29) is 31.1 Å².